The van der Waals surface area contributed by atoms with Crippen LogP contribution in [-0.2, 0) is 4.79 Å². The third-order valence-electron chi connectivity index (χ3n) is 5.19. The second kappa shape index (κ2) is 5.84. The number of hydrogen-bond donors (Lipinski definition) is 0. The normalized spacial score (nSPS) is 19.1. The average molecular weight is 309 g/mol. The van der Waals surface area contributed by atoms with Gasteiger partial charge in [0.15, 0.2) is 0 Å². The first-order chi connectivity index (χ1) is 11.2. The van der Waals surface area contributed by atoms with E-state index in [0.29, 0.717) is 17.9 Å². The molecule has 0 bridgehead atoms. The number of hydrogen-bond acceptors (Lipinski definition) is 3. The number of anilines is 1. The van der Waals surface area contributed by atoms with Gasteiger partial charge in [0.1, 0.15) is 5.82 Å². The predicted molar refractivity (Wildman–Crippen MR) is 92.5 cm³/mol. The van der Waals surface area contributed by atoms with Crippen LogP contribution in [0.1, 0.15) is 25.7 Å². The number of piperidine rings is 1. The number of fused-ring (bicyclic) bond motifs is 1. The molecule has 1 aliphatic carbocycles. The lowest BCUT2D eigenvalue weighted by Crippen LogP contribution is -2.46. The number of aromatic nitrogens is 1. The first-order valence-electron chi connectivity index (χ1n) is 8.60. The molecule has 0 N–H and O–H groups in total. The topological polar surface area (TPSA) is 36.4 Å². The predicted octanol–water partition coefficient (Wildman–Crippen LogP) is 3.07. The van der Waals surface area contributed by atoms with Crippen LogP contribution in [0.2, 0.25) is 0 Å². The Morgan fingerprint density at radius 2 is 1.83 bits per heavy atom. The smallest absolute Gasteiger partial charge is 0.225 e. The van der Waals surface area contributed by atoms with Gasteiger partial charge in [-0.3, -0.25) is 4.79 Å². The Morgan fingerprint density at radius 3 is 2.57 bits per heavy atom. The molecule has 0 atom stereocenters. The number of carbonyl (C=O) groups is 1. The van der Waals surface area contributed by atoms with E-state index in [2.05, 4.69) is 29.2 Å². The quantitative estimate of drug-likeness (QED) is 0.874. The number of para-hydroxylation sites is 1. The highest BCUT2D eigenvalue weighted by Crippen LogP contribution is 2.32. The summed E-state index contributed by atoms with van der Waals surface area (Å²) in [5, 5.41) is 1.18. The van der Waals surface area contributed by atoms with Crippen molar-refractivity contribution < 1.29 is 4.79 Å². The molecule has 1 aliphatic heterocycles. The summed E-state index contributed by atoms with van der Waals surface area (Å²) in [6.07, 6.45) is 4.24. The highest BCUT2D eigenvalue weighted by molar-refractivity contribution is 5.81. The van der Waals surface area contributed by atoms with Crippen LogP contribution in [0, 0.1) is 5.92 Å². The maximum atomic E-state index is 12.2. The third kappa shape index (κ3) is 2.90. The zero-order valence-electron chi connectivity index (χ0n) is 13.6. The van der Waals surface area contributed by atoms with Crippen LogP contribution in [0.4, 0.5) is 5.82 Å². The molecule has 4 nitrogen and oxygen atoms in total. The van der Waals surface area contributed by atoms with Crippen molar-refractivity contribution in [2.45, 2.75) is 31.7 Å². The van der Waals surface area contributed by atoms with Gasteiger partial charge >= 0.3 is 0 Å². The van der Waals surface area contributed by atoms with E-state index in [1.807, 2.05) is 24.1 Å². The molecule has 120 valence electrons. The van der Waals surface area contributed by atoms with Crippen molar-refractivity contribution in [2.24, 2.45) is 5.92 Å². The SMILES string of the molecule is CN(C(=O)C1CC1)C1CCN(c2ccc3ccccc3n2)CC1. The molecule has 2 heterocycles. The highest BCUT2D eigenvalue weighted by atomic mass is 16.2. The van der Waals surface area contributed by atoms with E-state index < -0.39 is 0 Å². The van der Waals surface area contributed by atoms with E-state index in [4.69, 9.17) is 4.98 Å². The van der Waals surface area contributed by atoms with Crippen LogP contribution in [0.25, 0.3) is 10.9 Å². The molecule has 1 amide bonds. The average Bonchev–Trinajstić information content (AvgIpc) is 3.45. The Kier molecular flexibility index (Phi) is 3.68. The lowest BCUT2D eigenvalue weighted by atomic mass is 10.0. The Bertz CT molecular complexity index is 717. The Hall–Kier alpha value is -2.10. The summed E-state index contributed by atoms with van der Waals surface area (Å²) in [4.78, 5) is 21.3. The van der Waals surface area contributed by atoms with Crippen molar-refractivity contribution in [2.75, 3.05) is 25.0 Å². The maximum Gasteiger partial charge on any atom is 0.225 e. The lowest BCUT2D eigenvalue weighted by molar-refractivity contribution is -0.133. The molecule has 2 fully saturated rings. The minimum Gasteiger partial charge on any atom is -0.356 e. The Balaban J connectivity index is 1.42. The summed E-state index contributed by atoms with van der Waals surface area (Å²) in [6.45, 7) is 1.94. The molecular formula is C19H23N3O. The Labute approximate surface area is 137 Å². The third-order valence-corrected chi connectivity index (χ3v) is 5.19. The van der Waals surface area contributed by atoms with Gasteiger partial charge < -0.3 is 9.80 Å². The number of rotatable bonds is 3. The van der Waals surface area contributed by atoms with Crippen molar-refractivity contribution in [3.63, 3.8) is 0 Å². The standard InChI is InChI=1S/C19H23N3O/c1-21(19(23)15-6-7-15)16-10-12-22(13-11-16)18-9-8-14-4-2-3-5-17(14)20-18/h2-5,8-9,15-16H,6-7,10-13H2,1H3. The van der Waals surface area contributed by atoms with Gasteiger partial charge in [0.25, 0.3) is 0 Å². The molecule has 4 rings (SSSR count). The van der Waals surface area contributed by atoms with Crippen molar-refractivity contribution in [3.05, 3.63) is 36.4 Å². The molecular weight excluding hydrogens is 286 g/mol. The molecule has 1 aromatic heterocycles. The van der Waals surface area contributed by atoms with Crippen LogP contribution < -0.4 is 4.90 Å². The zero-order chi connectivity index (χ0) is 15.8. The number of nitrogens with zero attached hydrogens (tertiary/aromatic N) is 3. The van der Waals surface area contributed by atoms with Gasteiger partial charge in [-0.05, 0) is 43.9 Å². The van der Waals surface area contributed by atoms with E-state index in [9.17, 15) is 4.79 Å². The monoisotopic (exact) mass is 309 g/mol. The summed E-state index contributed by atoms with van der Waals surface area (Å²) in [6, 6.07) is 12.9. The largest absolute Gasteiger partial charge is 0.356 e. The van der Waals surface area contributed by atoms with Gasteiger partial charge in [-0.25, -0.2) is 4.98 Å². The fourth-order valence-electron chi connectivity index (χ4n) is 3.51. The van der Waals surface area contributed by atoms with Crippen LogP contribution in [0.15, 0.2) is 36.4 Å². The fourth-order valence-corrected chi connectivity index (χ4v) is 3.51. The summed E-state index contributed by atoms with van der Waals surface area (Å²) >= 11 is 0. The molecule has 2 aromatic rings. The second-order valence-electron chi connectivity index (χ2n) is 6.80. The second-order valence-corrected chi connectivity index (χ2v) is 6.80. The van der Waals surface area contributed by atoms with Gasteiger partial charge in [0.2, 0.25) is 5.91 Å². The molecule has 2 aliphatic rings. The lowest BCUT2D eigenvalue weighted by Gasteiger charge is -2.37. The maximum absolute atomic E-state index is 12.2. The van der Waals surface area contributed by atoms with Crippen molar-refractivity contribution in [1.29, 1.82) is 0 Å². The Morgan fingerprint density at radius 1 is 1.09 bits per heavy atom. The summed E-state index contributed by atoms with van der Waals surface area (Å²) < 4.78 is 0. The molecule has 1 saturated heterocycles. The van der Waals surface area contributed by atoms with Gasteiger partial charge in [0.05, 0.1) is 5.52 Å². The van der Waals surface area contributed by atoms with Crippen molar-refractivity contribution in [1.82, 2.24) is 9.88 Å². The van der Waals surface area contributed by atoms with E-state index in [-0.39, 0.29) is 0 Å². The molecule has 1 saturated carbocycles. The highest BCUT2D eigenvalue weighted by Gasteiger charge is 2.35. The molecule has 0 radical (unpaired) electrons. The number of benzene rings is 1. The first kappa shape index (κ1) is 14.5. The van der Waals surface area contributed by atoms with Gasteiger partial charge in [0, 0.05) is 37.5 Å². The molecule has 4 heteroatoms. The molecule has 23 heavy (non-hydrogen) atoms. The fraction of sp³-hybridized carbons (Fsp3) is 0.474. The number of pyridine rings is 1. The molecule has 1 aromatic carbocycles. The van der Waals surface area contributed by atoms with Crippen LogP contribution in [0.5, 0.6) is 0 Å². The van der Waals surface area contributed by atoms with Crippen LogP contribution in [0.3, 0.4) is 0 Å². The molecule has 0 unspecified atom stereocenters. The summed E-state index contributed by atoms with van der Waals surface area (Å²) in [5.74, 6) is 1.73. The van der Waals surface area contributed by atoms with Gasteiger partial charge in [-0.1, -0.05) is 18.2 Å². The van der Waals surface area contributed by atoms with Crippen molar-refractivity contribution >= 4 is 22.6 Å². The van der Waals surface area contributed by atoms with Crippen LogP contribution in [-0.4, -0.2) is 42.0 Å². The van der Waals surface area contributed by atoms with E-state index in [0.717, 1.165) is 50.1 Å². The number of carbonyl (C=O) groups excluding carboxylic acids is 1. The first-order valence-corrected chi connectivity index (χ1v) is 8.60. The molecule has 0 spiro atoms. The van der Waals surface area contributed by atoms with E-state index in [1.54, 1.807) is 0 Å². The summed E-state index contributed by atoms with van der Waals surface area (Å²) in [7, 11) is 1.98. The van der Waals surface area contributed by atoms with Crippen molar-refractivity contribution in [3.8, 4) is 0 Å². The summed E-state index contributed by atoms with van der Waals surface area (Å²) in [5.41, 5.74) is 1.05. The minimum atomic E-state index is 0.320. The van der Waals surface area contributed by atoms with E-state index >= 15 is 0 Å². The van der Waals surface area contributed by atoms with Gasteiger partial charge in [-0.2, -0.15) is 0 Å². The zero-order valence-corrected chi connectivity index (χ0v) is 13.6. The van der Waals surface area contributed by atoms with Gasteiger partial charge in [-0.15, -0.1) is 0 Å². The van der Waals surface area contributed by atoms with Crippen LogP contribution >= 0.6 is 0 Å². The number of amides is 1. The minimum absolute atomic E-state index is 0.320. The van der Waals surface area contributed by atoms with E-state index in [1.165, 1.54) is 5.39 Å².